The lowest BCUT2D eigenvalue weighted by molar-refractivity contribution is -0.141. The largest absolute Gasteiger partial charge is 0.497 e. The second kappa shape index (κ2) is 12.3. The minimum Gasteiger partial charge on any atom is -0.497 e. The standard InChI is InChI=1S/C24H32N2O3S/c1-5-22(24(28)25-18(2)3)26(17-19-11-13-20(29-4)14-12-19)23(27)15-16-30-21-9-7-6-8-10-21/h6-14,18,22H,5,15-17H2,1-4H3,(H,25,28)/t22-/m0/s1. The molecule has 0 unspecified atom stereocenters. The van der Waals surface area contributed by atoms with Gasteiger partial charge in [-0.05, 0) is 50.1 Å². The number of nitrogens with zero attached hydrogens (tertiary/aromatic N) is 1. The SMILES string of the molecule is CC[C@@H](C(=O)NC(C)C)N(Cc1ccc(OC)cc1)C(=O)CCSc1ccccc1. The van der Waals surface area contributed by atoms with Gasteiger partial charge in [0.1, 0.15) is 11.8 Å². The Balaban J connectivity index is 2.12. The van der Waals surface area contributed by atoms with Crippen LogP contribution in [0.3, 0.4) is 0 Å². The first-order chi connectivity index (χ1) is 14.4. The molecular formula is C24H32N2O3S. The summed E-state index contributed by atoms with van der Waals surface area (Å²) < 4.78 is 5.22. The van der Waals surface area contributed by atoms with Crippen LogP contribution in [0.25, 0.3) is 0 Å². The fourth-order valence-corrected chi connectivity index (χ4v) is 4.01. The number of thioether (sulfide) groups is 1. The molecule has 0 saturated carbocycles. The Morgan fingerprint density at radius 3 is 2.30 bits per heavy atom. The Morgan fingerprint density at radius 1 is 1.07 bits per heavy atom. The lowest BCUT2D eigenvalue weighted by Crippen LogP contribution is -2.50. The van der Waals surface area contributed by atoms with Crippen LogP contribution in [0, 0.1) is 0 Å². The smallest absolute Gasteiger partial charge is 0.243 e. The monoisotopic (exact) mass is 428 g/mol. The topological polar surface area (TPSA) is 58.6 Å². The highest BCUT2D eigenvalue weighted by Crippen LogP contribution is 2.21. The molecule has 0 radical (unpaired) electrons. The van der Waals surface area contributed by atoms with Gasteiger partial charge in [0.15, 0.2) is 0 Å². The maximum atomic E-state index is 13.2. The van der Waals surface area contributed by atoms with E-state index in [1.807, 2.05) is 75.4 Å². The normalized spacial score (nSPS) is 11.8. The minimum atomic E-state index is -0.497. The maximum Gasteiger partial charge on any atom is 0.243 e. The number of methoxy groups -OCH3 is 1. The maximum absolute atomic E-state index is 13.2. The van der Waals surface area contributed by atoms with Crippen LogP contribution in [0.4, 0.5) is 0 Å². The highest BCUT2D eigenvalue weighted by atomic mass is 32.2. The van der Waals surface area contributed by atoms with E-state index >= 15 is 0 Å². The van der Waals surface area contributed by atoms with Crippen molar-refractivity contribution < 1.29 is 14.3 Å². The zero-order valence-corrected chi connectivity index (χ0v) is 19.1. The number of carbonyl (C=O) groups is 2. The lowest BCUT2D eigenvalue weighted by Gasteiger charge is -2.31. The van der Waals surface area contributed by atoms with E-state index in [-0.39, 0.29) is 17.9 Å². The van der Waals surface area contributed by atoms with E-state index in [0.717, 1.165) is 16.2 Å². The molecule has 0 fully saturated rings. The van der Waals surface area contributed by atoms with Gasteiger partial charge in [0, 0.05) is 29.7 Å². The first kappa shape index (κ1) is 23.8. The molecule has 1 N–H and O–H groups in total. The highest BCUT2D eigenvalue weighted by Gasteiger charge is 2.28. The van der Waals surface area contributed by atoms with Crippen molar-refractivity contribution in [3.8, 4) is 5.75 Å². The van der Waals surface area contributed by atoms with Crippen LogP contribution in [-0.2, 0) is 16.1 Å². The van der Waals surface area contributed by atoms with Gasteiger partial charge in [0.25, 0.3) is 0 Å². The summed E-state index contributed by atoms with van der Waals surface area (Å²) in [5, 5.41) is 2.96. The number of nitrogens with one attached hydrogen (secondary N) is 1. The first-order valence-corrected chi connectivity index (χ1v) is 11.3. The van der Waals surface area contributed by atoms with Gasteiger partial charge in [-0.1, -0.05) is 37.3 Å². The fourth-order valence-electron chi connectivity index (χ4n) is 3.14. The molecule has 30 heavy (non-hydrogen) atoms. The van der Waals surface area contributed by atoms with Gasteiger partial charge in [0.2, 0.25) is 11.8 Å². The molecule has 0 bridgehead atoms. The van der Waals surface area contributed by atoms with Gasteiger partial charge >= 0.3 is 0 Å². The summed E-state index contributed by atoms with van der Waals surface area (Å²) in [6.07, 6.45) is 0.938. The summed E-state index contributed by atoms with van der Waals surface area (Å²) in [7, 11) is 1.62. The molecule has 0 saturated heterocycles. The minimum absolute atomic E-state index is 0.0139. The Labute approximate surface area is 184 Å². The Bertz CT molecular complexity index is 794. The molecule has 2 amide bonds. The molecule has 2 aromatic rings. The highest BCUT2D eigenvalue weighted by molar-refractivity contribution is 7.99. The zero-order valence-electron chi connectivity index (χ0n) is 18.3. The van der Waals surface area contributed by atoms with E-state index in [0.29, 0.717) is 25.1 Å². The lowest BCUT2D eigenvalue weighted by atomic mass is 10.1. The van der Waals surface area contributed by atoms with Crippen LogP contribution in [0.1, 0.15) is 39.2 Å². The molecule has 6 heteroatoms. The Kier molecular flexibility index (Phi) is 9.74. The van der Waals surface area contributed by atoms with Crippen molar-refractivity contribution in [2.24, 2.45) is 0 Å². The predicted molar refractivity (Wildman–Crippen MR) is 123 cm³/mol. The molecule has 0 heterocycles. The average molecular weight is 429 g/mol. The molecule has 0 spiro atoms. The Morgan fingerprint density at radius 2 is 1.73 bits per heavy atom. The summed E-state index contributed by atoms with van der Waals surface area (Å²) >= 11 is 1.65. The second-order valence-corrected chi connectivity index (χ2v) is 8.54. The molecular weight excluding hydrogens is 396 g/mol. The van der Waals surface area contributed by atoms with Crippen LogP contribution < -0.4 is 10.1 Å². The number of amides is 2. The molecule has 0 aliphatic rings. The van der Waals surface area contributed by atoms with E-state index in [4.69, 9.17) is 4.74 Å². The third-order valence-electron chi connectivity index (χ3n) is 4.66. The Hall–Kier alpha value is -2.47. The van der Waals surface area contributed by atoms with Crippen LogP contribution in [0.2, 0.25) is 0 Å². The van der Waals surface area contributed by atoms with Crippen molar-refractivity contribution >= 4 is 23.6 Å². The zero-order chi connectivity index (χ0) is 21.9. The molecule has 162 valence electrons. The van der Waals surface area contributed by atoms with Crippen molar-refractivity contribution in [2.45, 2.75) is 57.1 Å². The summed E-state index contributed by atoms with van der Waals surface area (Å²) in [5.41, 5.74) is 0.968. The van der Waals surface area contributed by atoms with Crippen LogP contribution >= 0.6 is 11.8 Å². The fraction of sp³-hybridized carbons (Fsp3) is 0.417. The molecule has 1 atom stereocenters. The molecule has 2 rings (SSSR count). The summed E-state index contributed by atoms with van der Waals surface area (Å²) in [4.78, 5) is 28.8. The van der Waals surface area contributed by atoms with Crippen LogP contribution in [-0.4, -0.2) is 41.7 Å². The number of benzene rings is 2. The molecule has 5 nitrogen and oxygen atoms in total. The van der Waals surface area contributed by atoms with E-state index in [1.54, 1.807) is 23.8 Å². The van der Waals surface area contributed by atoms with Gasteiger partial charge in [-0.25, -0.2) is 0 Å². The summed E-state index contributed by atoms with van der Waals surface area (Å²) in [6.45, 7) is 6.19. The first-order valence-electron chi connectivity index (χ1n) is 10.3. The van der Waals surface area contributed by atoms with Gasteiger partial charge in [-0.15, -0.1) is 11.8 Å². The number of carbonyl (C=O) groups excluding carboxylic acids is 2. The third-order valence-corrected chi connectivity index (χ3v) is 5.67. The summed E-state index contributed by atoms with van der Waals surface area (Å²) in [6, 6.07) is 17.2. The quantitative estimate of drug-likeness (QED) is 0.535. The number of hydrogen-bond acceptors (Lipinski definition) is 4. The van der Waals surface area contributed by atoms with Crippen molar-refractivity contribution in [1.29, 1.82) is 0 Å². The predicted octanol–water partition coefficient (Wildman–Crippen LogP) is 4.51. The van der Waals surface area contributed by atoms with Gasteiger partial charge < -0.3 is 15.0 Å². The van der Waals surface area contributed by atoms with E-state index in [9.17, 15) is 9.59 Å². The van der Waals surface area contributed by atoms with Gasteiger partial charge in [0.05, 0.1) is 7.11 Å². The van der Waals surface area contributed by atoms with Gasteiger partial charge in [-0.2, -0.15) is 0 Å². The van der Waals surface area contributed by atoms with E-state index < -0.39 is 6.04 Å². The van der Waals surface area contributed by atoms with E-state index in [2.05, 4.69) is 5.32 Å². The third kappa shape index (κ3) is 7.41. The van der Waals surface area contributed by atoms with Crippen LogP contribution in [0.15, 0.2) is 59.5 Å². The number of rotatable bonds is 11. The van der Waals surface area contributed by atoms with E-state index in [1.165, 1.54) is 0 Å². The van der Waals surface area contributed by atoms with Crippen molar-refractivity contribution in [1.82, 2.24) is 10.2 Å². The average Bonchev–Trinajstić information content (AvgIpc) is 2.74. The number of ether oxygens (including phenoxy) is 1. The van der Waals surface area contributed by atoms with Crippen molar-refractivity contribution in [3.05, 3.63) is 60.2 Å². The molecule has 0 aliphatic carbocycles. The van der Waals surface area contributed by atoms with Crippen molar-refractivity contribution in [3.63, 3.8) is 0 Å². The molecule has 0 aliphatic heterocycles. The second-order valence-electron chi connectivity index (χ2n) is 7.37. The molecule has 0 aromatic heterocycles. The van der Waals surface area contributed by atoms with Gasteiger partial charge in [-0.3, -0.25) is 9.59 Å². The number of hydrogen-bond donors (Lipinski definition) is 1. The molecule has 2 aromatic carbocycles. The van der Waals surface area contributed by atoms with Crippen LogP contribution in [0.5, 0.6) is 5.75 Å². The van der Waals surface area contributed by atoms with Crippen molar-refractivity contribution in [2.75, 3.05) is 12.9 Å². The summed E-state index contributed by atoms with van der Waals surface area (Å²) in [5.74, 6) is 1.31.